The topological polar surface area (TPSA) is 43.3 Å². The number of nitrogens with one attached hydrogen (secondary N) is 1. The molecular weight excluding hydrogens is 348 g/mol. The van der Waals surface area contributed by atoms with Gasteiger partial charge in [-0.05, 0) is 62.6 Å². The monoisotopic (exact) mass is 370 g/mol. The molecule has 0 bridgehead atoms. The molecule has 5 heteroatoms. The molecule has 2 aromatic carbocycles. The van der Waals surface area contributed by atoms with Gasteiger partial charge in [0.15, 0.2) is 5.60 Å². The molecule has 0 aliphatic heterocycles. The first-order valence-corrected chi connectivity index (χ1v) is 9.02. The van der Waals surface area contributed by atoms with Crippen molar-refractivity contribution in [1.29, 1.82) is 0 Å². The van der Waals surface area contributed by atoms with E-state index in [4.69, 9.17) is 16.3 Å². The number of rotatable bonds is 6. The van der Waals surface area contributed by atoms with Crippen molar-refractivity contribution < 1.29 is 9.53 Å². The Morgan fingerprint density at radius 1 is 1.15 bits per heavy atom. The molecule has 0 saturated carbocycles. The van der Waals surface area contributed by atoms with Gasteiger partial charge in [0.1, 0.15) is 5.75 Å². The molecule has 1 heterocycles. The Morgan fingerprint density at radius 2 is 1.85 bits per heavy atom. The van der Waals surface area contributed by atoms with Crippen LogP contribution < -0.4 is 10.1 Å². The van der Waals surface area contributed by atoms with Crippen LogP contribution in [0, 0.1) is 6.92 Å². The number of fused-ring (bicyclic) bond motifs is 1. The lowest BCUT2D eigenvalue weighted by atomic mass is 10.1. The van der Waals surface area contributed by atoms with Crippen LogP contribution in [0.15, 0.2) is 54.6 Å². The van der Waals surface area contributed by atoms with Gasteiger partial charge in [-0.3, -0.25) is 4.79 Å². The number of aromatic nitrogens is 1. The molecule has 3 aromatic rings. The third-order valence-electron chi connectivity index (χ3n) is 4.37. The average molecular weight is 371 g/mol. The third-order valence-corrected chi connectivity index (χ3v) is 4.62. The molecule has 136 valence electrons. The van der Waals surface area contributed by atoms with Crippen LogP contribution in [0.2, 0.25) is 5.02 Å². The highest BCUT2D eigenvalue weighted by molar-refractivity contribution is 6.30. The molecule has 3 rings (SSSR count). The van der Waals surface area contributed by atoms with Crippen molar-refractivity contribution in [2.75, 3.05) is 6.54 Å². The van der Waals surface area contributed by atoms with E-state index in [2.05, 4.69) is 35.0 Å². The Labute approximate surface area is 158 Å². The van der Waals surface area contributed by atoms with E-state index in [0.29, 0.717) is 23.9 Å². The molecule has 4 nitrogen and oxygen atoms in total. The van der Waals surface area contributed by atoms with Gasteiger partial charge in [0.2, 0.25) is 0 Å². The summed E-state index contributed by atoms with van der Waals surface area (Å²) in [6.07, 6.45) is 0. The van der Waals surface area contributed by atoms with Gasteiger partial charge in [-0.15, -0.1) is 0 Å². The fraction of sp³-hybridized carbons (Fsp3) is 0.286. The summed E-state index contributed by atoms with van der Waals surface area (Å²) in [6, 6.07) is 17.4. The molecular formula is C21H23ClN2O2. The molecule has 1 N–H and O–H groups in total. The first-order valence-electron chi connectivity index (χ1n) is 8.64. The Balaban J connectivity index is 1.60. The molecule has 0 radical (unpaired) electrons. The number of hydrogen-bond acceptors (Lipinski definition) is 2. The zero-order valence-corrected chi connectivity index (χ0v) is 16.0. The molecule has 1 aromatic heterocycles. The Morgan fingerprint density at radius 3 is 2.58 bits per heavy atom. The first kappa shape index (κ1) is 18.3. The fourth-order valence-corrected chi connectivity index (χ4v) is 3.11. The van der Waals surface area contributed by atoms with Gasteiger partial charge in [0.25, 0.3) is 5.91 Å². The first-order chi connectivity index (χ1) is 12.4. The van der Waals surface area contributed by atoms with Crippen LogP contribution in [0.25, 0.3) is 10.9 Å². The minimum Gasteiger partial charge on any atom is -0.478 e. The van der Waals surface area contributed by atoms with E-state index in [1.165, 1.54) is 16.6 Å². The van der Waals surface area contributed by atoms with Crippen molar-refractivity contribution in [3.05, 3.63) is 65.3 Å². The highest BCUT2D eigenvalue weighted by Crippen LogP contribution is 2.21. The average Bonchev–Trinajstić information content (AvgIpc) is 2.92. The molecule has 0 atom stereocenters. The van der Waals surface area contributed by atoms with Gasteiger partial charge >= 0.3 is 0 Å². The molecule has 0 aliphatic carbocycles. The zero-order valence-electron chi connectivity index (χ0n) is 15.3. The van der Waals surface area contributed by atoms with Crippen molar-refractivity contribution in [2.24, 2.45) is 0 Å². The number of carbonyl (C=O) groups excluding carboxylic acids is 1. The van der Waals surface area contributed by atoms with E-state index >= 15 is 0 Å². The van der Waals surface area contributed by atoms with E-state index in [1.807, 2.05) is 12.1 Å². The molecule has 0 unspecified atom stereocenters. The Kier molecular flexibility index (Phi) is 5.23. The predicted octanol–water partition coefficient (Wildman–Crippen LogP) is 4.58. The van der Waals surface area contributed by atoms with E-state index < -0.39 is 5.60 Å². The van der Waals surface area contributed by atoms with Crippen LogP contribution in [0.3, 0.4) is 0 Å². The van der Waals surface area contributed by atoms with Crippen LogP contribution in [-0.4, -0.2) is 22.6 Å². The van der Waals surface area contributed by atoms with Gasteiger partial charge < -0.3 is 14.6 Å². The predicted molar refractivity (Wildman–Crippen MR) is 106 cm³/mol. The Hall–Kier alpha value is -2.46. The van der Waals surface area contributed by atoms with Gasteiger partial charge in [-0.1, -0.05) is 29.8 Å². The van der Waals surface area contributed by atoms with Crippen molar-refractivity contribution in [1.82, 2.24) is 9.88 Å². The fourth-order valence-electron chi connectivity index (χ4n) is 2.98. The number of carbonyl (C=O) groups is 1. The van der Waals surface area contributed by atoms with E-state index in [0.717, 1.165) is 0 Å². The summed E-state index contributed by atoms with van der Waals surface area (Å²) in [6.45, 7) is 6.84. The molecule has 0 spiro atoms. The number of hydrogen-bond donors (Lipinski definition) is 1. The van der Waals surface area contributed by atoms with Crippen molar-refractivity contribution >= 4 is 28.4 Å². The smallest absolute Gasteiger partial charge is 0.263 e. The molecule has 0 saturated heterocycles. The lowest BCUT2D eigenvalue weighted by Gasteiger charge is -2.25. The van der Waals surface area contributed by atoms with Crippen LogP contribution in [0.4, 0.5) is 0 Å². The highest BCUT2D eigenvalue weighted by Gasteiger charge is 2.29. The van der Waals surface area contributed by atoms with Crippen LogP contribution in [0.5, 0.6) is 5.75 Å². The minimum atomic E-state index is -0.971. The van der Waals surface area contributed by atoms with Gasteiger partial charge in [-0.25, -0.2) is 0 Å². The number of para-hydroxylation sites is 1. The summed E-state index contributed by atoms with van der Waals surface area (Å²) in [5.74, 6) is 0.461. The van der Waals surface area contributed by atoms with E-state index in [9.17, 15) is 4.79 Å². The molecule has 26 heavy (non-hydrogen) atoms. The zero-order chi connectivity index (χ0) is 18.7. The van der Waals surface area contributed by atoms with Crippen molar-refractivity contribution in [2.45, 2.75) is 32.9 Å². The van der Waals surface area contributed by atoms with Gasteiger partial charge in [0, 0.05) is 29.3 Å². The normalized spacial score (nSPS) is 11.5. The molecule has 0 fully saturated rings. The SMILES string of the molecule is Cc1cc2ccccc2n1CCNC(=O)C(C)(C)Oc1ccc(Cl)cc1. The number of halogens is 1. The van der Waals surface area contributed by atoms with Crippen LogP contribution in [0.1, 0.15) is 19.5 Å². The second-order valence-electron chi connectivity index (χ2n) is 6.82. The number of aryl methyl sites for hydroxylation is 1. The number of amides is 1. The van der Waals surface area contributed by atoms with Gasteiger partial charge in [0.05, 0.1) is 0 Å². The lowest BCUT2D eigenvalue weighted by Crippen LogP contribution is -2.47. The summed E-state index contributed by atoms with van der Waals surface area (Å²) in [5, 5.41) is 4.82. The molecule has 0 aliphatic rings. The second kappa shape index (κ2) is 7.42. The third kappa shape index (κ3) is 4.02. The summed E-state index contributed by atoms with van der Waals surface area (Å²) in [4.78, 5) is 12.5. The van der Waals surface area contributed by atoms with Crippen LogP contribution in [-0.2, 0) is 11.3 Å². The highest BCUT2D eigenvalue weighted by atomic mass is 35.5. The van der Waals surface area contributed by atoms with E-state index in [1.54, 1.807) is 38.1 Å². The number of ether oxygens (including phenoxy) is 1. The van der Waals surface area contributed by atoms with Gasteiger partial charge in [-0.2, -0.15) is 0 Å². The largest absolute Gasteiger partial charge is 0.478 e. The quantitative estimate of drug-likeness (QED) is 0.690. The maximum absolute atomic E-state index is 12.5. The summed E-state index contributed by atoms with van der Waals surface area (Å²) >= 11 is 5.88. The Bertz CT molecular complexity index is 913. The van der Waals surface area contributed by atoms with Crippen LogP contribution >= 0.6 is 11.6 Å². The van der Waals surface area contributed by atoms with Crippen molar-refractivity contribution in [3.63, 3.8) is 0 Å². The summed E-state index contributed by atoms with van der Waals surface area (Å²) < 4.78 is 8.03. The second-order valence-corrected chi connectivity index (χ2v) is 7.25. The maximum atomic E-state index is 12.5. The lowest BCUT2D eigenvalue weighted by molar-refractivity contribution is -0.134. The maximum Gasteiger partial charge on any atom is 0.263 e. The molecule has 1 amide bonds. The van der Waals surface area contributed by atoms with Crippen molar-refractivity contribution in [3.8, 4) is 5.75 Å². The summed E-state index contributed by atoms with van der Waals surface area (Å²) in [7, 11) is 0. The van der Waals surface area contributed by atoms with E-state index in [-0.39, 0.29) is 5.91 Å². The standard InChI is InChI=1S/C21H23ClN2O2/c1-15-14-16-6-4-5-7-19(16)24(15)13-12-23-20(25)21(2,3)26-18-10-8-17(22)9-11-18/h4-11,14H,12-13H2,1-3H3,(H,23,25). The summed E-state index contributed by atoms with van der Waals surface area (Å²) in [5.41, 5.74) is 1.38. The minimum absolute atomic E-state index is 0.151. The number of nitrogens with zero attached hydrogens (tertiary/aromatic N) is 1. The number of benzene rings is 2.